The van der Waals surface area contributed by atoms with Gasteiger partial charge in [-0.05, 0) is 24.9 Å². The normalized spacial score (nSPS) is 16.3. The van der Waals surface area contributed by atoms with Crippen molar-refractivity contribution in [1.29, 1.82) is 0 Å². The summed E-state index contributed by atoms with van der Waals surface area (Å²) in [4.78, 5) is 0. The van der Waals surface area contributed by atoms with Crippen molar-refractivity contribution >= 4 is 11.8 Å². The van der Waals surface area contributed by atoms with Crippen LogP contribution in [0.1, 0.15) is 13.3 Å². The van der Waals surface area contributed by atoms with Crippen LogP contribution in [0.3, 0.4) is 0 Å². The largest absolute Gasteiger partial charge is 0.397 e. The maximum atomic E-state index is 7.57. The summed E-state index contributed by atoms with van der Waals surface area (Å²) in [6.07, 6.45) is 1.46. The van der Waals surface area contributed by atoms with Crippen LogP contribution in [0, 0.1) is 0 Å². The molecule has 7 heavy (non-hydrogen) atoms. The molecule has 0 saturated carbocycles. The third kappa shape index (κ3) is 6.31. The molecule has 0 aromatic carbocycles. The molecule has 1 aliphatic heterocycles. The molecular weight excluding hydrogens is 108 g/mol. The molecule has 1 aliphatic rings. The zero-order valence-corrected chi connectivity index (χ0v) is 5.50. The summed E-state index contributed by atoms with van der Waals surface area (Å²) in [6.45, 7) is 1.93. The molecule has 1 rings (SSSR count). The quantitative estimate of drug-likeness (QED) is 0.517. The number of thioether (sulfide) groups is 1. The van der Waals surface area contributed by atoms with Crippen LogP contribution in [0.15, 0.2) is 0 Å². The van der Waals surface area contributed by atoms with Crippen LogP contribution < -0.4 is 0 Å². The lowest BCUT2D eigenvalue weighted by molar-refractivity contribution is 0.318. The van der Waals surface area contributed by atoms with Gasteiger partial charge in [-0.1, -0.05) is 0 Å². The van der Waals surface area contributed by atoms with Gasteiger partial charge in [0.1, 0.15) is 0 Å². The molecule has 0 amide bonds. The second-order valence-electron chi connectivity index (χ2n) is 1.28. The summed E-state index contributed by atoms with van der Waals surface area (Å²) >= 11 is 2.04. The monoisotopic (exact) mass is 120 g/mol. The third-order valence-corrected chi connectivity index (χ3v) is 1.73. The minimum absolute atomic E-state index is 0.250. The zero-order valence-electron chi connectivity index (χ0n) is 4.68. The molecule has 1 nitrogen and oxygen atoms in total. The van der Waals surface area contributed by atoms with Crippen molar-refractivity contribution in [3.63, 3.8) is 0 Å². The maximum Gasteiger partial charge on any atom is 0.0402 e. The molecule has 0 atom stereocenters. The third-order valence-electron chi connectivity index (χ3n) is 0.577. The van der Waals surface area contributed by atoms with E-state index in [4.69, 9.17) is 5.11 Å². The summed E-state index contributed by atoms with van der Waals surface area (Å²) in [6, 6.07) is 0. The first-order valence-electron chi connectivity index (χ1n) is 2.60. The smallest absolute Gasteiger partial charge is 0.0402 e. The summed E-state index contributed by atoms with van der Waals surface area (Å²) in [7, 11) is 0. The van der Waals surface area contributed by atoms with Gasteiger partial charge in [0.2, 0.25) is 0 Å². The van der Waals surface area contributed by atoms with Crippen LogP contribution >= 0.6 is 11.8 Å². The lowest BCUT2D eigenvalue weighted by Gasteiger charge is -2.05. The van der Waals surface area contributed by atoms with Gasteiger partial charge in [0.15, 0.2) is 0 Å². The highest BCUT2D eigenvalue weighted by Crippen LogP contribution is 2.14. The summed E-state index contributed by atoms with van der Waals surface area (Å²) < 4.78 is 0. The van der Waals surface area contributed by atoms with Gasteiger partial charge < -0.3 is 5.11 Å². The number of hydrogen-bond donors (Lipinski definition) is 1. The average molecular weight is 120 g/mol. The van der Waals surface area contributed by atoms with E-state index in [1.54, 1.807) is 6.92 Å². The fourth-order valence-corrected chi connectivity index (χ4v) is 0.433. The molecule has 1 fully saturated rings. The Labute approximate surface area is 49.1 Å². The minimum atomic E-state index is 0.250. The van der Waals surface area contributed by atoms with Gasteiger partial charge in [0.05, 0.1) is 0 Å². The second kappa shape index (κ2) is 6.31. The molecular formula is C5H12OS. The van der Waals surface area contributed by atoms with E-state index in [0.717, 1.165) is 0 Å². The molecule has 44 valence electrons. The number of aliphatic hydroxyl groups excluding tert-OH is 1. The van der Waals surface area contributed by atoms with Gasteiger partial charge in [-0.2, -0.15) is 11.8 Å². The van der Waals surface area contributed by atoms with Crippen molar-refractivity contribution in [3.05, 3.63) is 0 Å². The highest BCUT2D eigenvalue weighted by atomic mass is 32.2. The molecule has 0 aliphatic carbocycles. The number of hydrogen-bond acceptors (Lipinski definition) is 2. The van der Waals surface area contributed by atoms with E-state index < -0.39 is 0 Å². The highest BCUT2D eigenvalue weighted by Gasteiger charge is 1.95. The Hall–Kier alpha value is 0.310. The molecule has 0 bridgehead atoms. The van der Waals surface area contributed by atoms with Crippen LogP contribution in [0.5, 0.6) is 0 Å². The molecule has 2 heteroatoms. The van der Waals surface area contributed by atoms with E-state index in [2.05, 4.69) is 0 Å². The van der Waals surface area contributed by atoms with E-state index >= 15 is 0 Å². The van der Waals surface area contributed by atoms with Crippen LogP contribution in [-0.2, 0) is 0 Å². The van der Waals surface area contributed by atoms with Gasteiger partial charge in [0, 0.05) is 6.61 Å². The zero-order chi connectivity index (χ0) is 5.54. The van der Waals surface area contributed by atoms with Gasteiger partial charge in [0.25, 0.3) is 0 Å². The van der Waals surface area contributed by atoms with Gasteiger partial charge in [-0.15, -0.1) is 0 Å². The fraction of sp³-hybridized carbons (Fsp3) is 1.00. The molecule has 0 aromatic heterocycles. The first-order chi connectivity index (χ1) is 3.41. The summed E-state index contributed by atoms with van der Waals surface area (Å²) in [5, 5.41) is 7.57. The van der Waals surface area contributed by atoms with Crippen molar-refractivity contribution < 1.29 is 5.11 Å². The van der Waals surface area contributed by atoms with Crippen LogP contribution in [0.2, 0.25) is 0 Å². The Bertz CT molecular complexity index is 23.3. The van der Waals surface area contributed by atoms with Crippen molar-refractivity contribution in [2.45, 2.75) is 13.3 Å². The second-order valence-corrected chi connectivity index (χ2v) is 2.51. The average Bonchev–Trinajstić information content (AvgIpc) is 1.27. The Morgan fingerprint density at radius 2 is 1.71 bits per heavy atom. The van der Waals surface area contributed by atoms with Gasteiger partial charge >= 0.3 is 0 Å². The molecule has 1 heterocycles. The van der Waals surface area contributed by atoms with Gasteiger partial charge in [-0.3, -0.25) is 0 Å². The van der Waals surface area contributed by atoms with E-state index in [9.17, 15) is 0 Å². The predicted octanol–water partition coefficient (Wildman–Crippen LogP) is 1.12. The molecule has 0 spiro atoms. The van der Waals surface area contributed by atoms with Crippen LogP contribution in [-0.4, -0.2) is 23.2 Å². The minimum Gasteiger partial charge on any atom is -0.397 e. The summed E-state index contributed by atoms with van der Waals surface area (Å²) in [5.74, 6) is 2.83. The van der Waals surface area contributed by atoms with Crippen molar-refractivity contribution in [1.82, 2.24) is 0 Å². The standard InChI is InChI=1S/C3H6S.C2H6O/c1-2-4-3-1;1-2-3/h1-3H2;3H,2H2,1H3. The maximum absolute atomic E-state index is 7.57. The molecule has 1 N–H and O–H groups in total. The van der Waals surface area contributed by atoms with Crippen molar-refractivity contribution in [2.75, 3.05) is 18.1 Å². The number of aliphatic hydroxyl groups is 1. The topological polar surface area (TPSA) is 20.2 Å². The van der Waals surface area contributed by atoms with E-state index in [1.807, 2.05) is 11.8 Å². The Balaban J connectivity index is 0.000000110. The Morgan fingerprint density at radius 1 is 1.57 bits per heavy atom. The Morgan fingerprint density at radius 3 is 1.71 bits per heavy atom. The summed E-state index contributed by atoms with van der Waals surface area (Å²) in [5.41, 5.74) is 0. The predicted molar refractivity (Wildman–Crippen MR) is 34.7 cm³/mol. The first-order valence-corrected chi connectivity index (χ1v) is 3.76. The molecule has 0 radical (unpaired) electrons. The fourth-order valence-electron chi connectivity index (χ4n) is 0.144. The molecule has 0 aromatic rings. The van der Waals surface area contributed by atoms with E-state index in [-0.39, 0.29) is 6.61 Å². The highest BCUT2D eigenvalue weighted by molar-refractivity contribution is 8.00. The van der Waals surface area contributed by atoms with Crippen LogP contribution in [0.4, 0.5) is 0 Å². The van der Waals surface area contributed by atoms with Crippen LogP contribution in [0.25, 0.3) is 0 Å². The van der Waals surface area contributed by atoms with E-state index in [1.165, 1.54) is 17.9 Å². The molecule has 0 unspecified atom stereocenters. The SMILES string of the molecule is C1CSC1.CCO. The van der Waals surface area contributed by atoms with Gasteiger partial charge in [-0.25, -0.2) is 0 Å². The molecule has 1 saturated heterocycles. The van der Waals surface area contributed by atoms with Crippen molar-refractivity contribution in [3.8, 4) is 0 Å². The van der Waals surface area contributed by atoms with E-state index in [0.29, 0.717) is 0 Å². The number of rotatable bonds is 0. The first kappa shape index (κ1) is 7.31. The van der Waals surface area contributed by atoms with Crippen molar-refractivity contribution in [2.24, 2.45) is 0 Å². The Kier molecular flexibility index (Phi) is 6.59. The lowest BCUT2D eigenvalue weighted by Crippen LogP contribution is -1.94. The lowest BCUT2D eigenvalue weighted by atomic mass is 10.6.